The summed E-state index contributed by atoms with van der Waals surface area (Å²) in [6.45, 7) is 0.747. The minimum atomic E-state index is 0.577. The van der Waals surface area contributed by atoms with Gasteiger partial charge in [0, 0.05) is 23.4 Å². The number of nitrogen functional groups attached to an aromatic ring is 1. The van der Waals surface area contributed by atoms with Crippen LogP contribution in [0.2, 0.25) is 10.0 Å². The summed E-state index contributed by atoms with van der Waals surface area (Å²) < 4.78 is 2.02. The lowest BCUT2D eigenvalue weighted by molar-refractivity contribution is -0.688. The largest absolute Gasteiger partial charge is 0.398 e. The van der Waals surface area contributed by atoms with Crippen LogP contribution in [0.5, 0.6) is 0 Å². The van der Waals surface area contributed by atoms with Crippen LogP contribution in [0, 0.1) is 0 Å². The van der Waals surface area contributed by atoms with Crippen molar-refractivity contribution in [1.29, 1.82) is 0 Å². The summed E-state index contributed by atoms with van der Waals surface area (Å²) in [6.07, 6.45) is 3.86. The van der Waals surface area contributed by atoms with Gasteiger partial charge in [-0.25, -0.2) is 4.57 Å². The number of rotatable bonds is 2. The normalized spacial score (nSPS) is 10.4. The van der Waals surface area contributed by atoms with Crippen LogP contribution in [0.4, 0.5) is 5.69 Å². The number of hydrogen-bond donors (Lipinski definition) is 1. The van der Waals surface area contributed by atoms with Crippen molar-refractivity contribution in [2.45, 2.75) is 6.54 Å². The highest BCUT2D eigenvalue weighted by atomic mass is 35.5. The molecule has 0 fully saturated rings. The molecule has 0 aliphatic heterocycles. The van der Waals surface area contributed by atoms with E-state index in [0.717, 1.165) is 17.8 Å². The predicted molar refractivity (Wildman–Crippen MR) is 66.6 cm³/mol. The molecule has 2 nitrogen and oxygen atoms in total. The van der Waals surface area contributed by atoms with Gasteiger partial charge in [-0.05, 0) is 12.1 Å². The van der Waals surface area contributed by atoms with Gasteiger partial charge in [-0.15, -0.1) is 0 Å². The number of nitrogens with zero attached hydrogens (tertiary/aromatic N) is 1. The van der Waals surface area contributed by atoms with E-state index < -0.39 is 0 Å². The summed E-state index contributed by atoms with van der Waals surface area (Å²) in [7, 11) is 0. The molecule has 0 amide bonds. The number of halogens is 2. The number of anilines is 1. The third-order valence-corrected chi connectivity index (χ3v) is 3.01. The Morgan fingerprint density at radius 1 is 1.00 bits per heavy atom. The van der Waals surface area contributed by atoms with Crippen molar-refractivity contribution in [1.82, 2.24) is 0 Å². The fourth-order valence-electron chi connectivity index (χ4n) is 1.42. The van der Waals surface area contributed by atoms with E-state index in [2.05, 4.69) is 0 Å². The minimum Gasteiger partial charge on any atom is -0.398 e. The van der Waals surface area contributed by atoms with Crippen molar-refractivity contribution in [3.8, 4) is 0 Å². The average molecular weight is 254 g/mol. The van der Waals surface area contributed by atoms with Crippen molar-refractivity contribution in [2.24, 2.45) is 0 Å². The number of hydrogen-bond acceptors (Lipinski definition) is 1. The molecule has 16 heavy (non-hydrogen) atoms. The third-order valence-electron chi connectivity index (χ3n) is 2.27. The third kappa shape index (κ3) is 2.65. The first-order chi connectivity index (χ1) is 7.65. The Balaban J connectivity index is 2.20. The maximum atomic E-state index is 5.94. The van der Waals surface area contributed by atoms with Crippen molar-refractivity contribution in [2.75, 3.05) is 5.73 Å². The molecule has 0 saturated carbocycles. The number of aromatic nitrogens is 1. The van der Waals surface area contributed by atoms with Crippen LogP contribution in [-0.4, -0.2) is 0 Å². The molecule has 0 saturated heterocycles. The topological polar surface area (TPSA) is 29.9 Å². The number of nitrogens with two attached hydrogens (primary N) is 1. The maximum absolute atomic E-state index is 5.94. The standard InChI is InChI=1S/C12H10Cl2N2/c13-11-2-1-9(7-12(11)14)8-16-5-3-10(15)4-6-16/h1-7,15H,8H2/p+1. The van der Waals surface area contributed by atoms with Crippen LogP contribution in [0.3, 0.4) is 0 Å². The fourth-order valence-corrected chi connectivity index (χ4v) is 1.74. The highest BCUT2D eigenvalue weighted by Gasteiger charge is 2.04. The Morgan fingerprint density at radius 3 is 2.31 bits per heavy atom. The predicted octanol–water partition coefficient (Wildman–Crippen LogP) is 2.91. The van der Waals surface area contributed by atoms with Gasteiger partial charge in [0.25, 0.3) is 0 Å². The molecule has 0 aliphatic carbocycles. The van der Waals surface area contributed by atoms with E-state index in [-0.39, 0.29) is 0 Å². The molecule has 4 heteroatoms. The molecule has 1 heterocycles. The zero-order valence-electron chi connectivity index (χ0n) is 8.53. The maximum Gasteiger partial charge on any atom is 0.173 e. The molecule has 82 valence electrons. The van der Waals surface area contributed by atoms with Gasteiger partial charge in [0.2, 0.25) is 0 Å². The molecule has 0 aliphatic rings. The van der Waals surface area contributed by atoms with E-state index in [4.69, 9.17) is 28.9 Å². The average Bonchev–Trinajstić information content (AvgIpc) is 2.27. The summed E-state index contributed by atoms with van der Waals surface area (Å²) in [4.78, 5) is 0. The Hall–Kier alpha value is -1.25. The lowest BCUT2D eigenvalue weighted by Gasteiger charge is -2.00. The van der Waals surface area contributed by atoms with E-state index in [1.165, 1.54) is 0 Å². The van der Waals surface area contributed by atoms with Crippen LogP contribution in [0.25, 0.3) is 0 Å². The molecule has 0 radical (unpaired) electrons. The molecule has 0 spiro atoms. The van der Waals surface area contributed by atoms with Crippen molar-refractivity contribution in [3.05, 3.63) is 58.3 Å². The van der Waals surface area contributed by atoms with Gasteiger partial charge in [-0.3, -0.25) is 0 Å². The fraction of sp³-hybridized carbons (Fsp3) is 0.0833. The second-order valence-electron chi connectivity index (χ2n) is 3.55. The van der Waals surface area contributed by atoms with Gasteiger partial charge >= 0.3 is 0 Å². The number of pyridine rings is 1. The number of benzene rings is 1. The van der Waals surface area contributed by atoms with E-state index in [1.807, 2.05) is 41.2 Å². The Labute approximate surface area is 104 Å². The van der Waals surface area contributed by atoms with Crippen LogP contribution in [0.1, 0.15) is 5.56 Å². The van der Waals surface area contributed by atoms with E-state index in [0.29, 0.717) is 10.0 Å². The second kappa shape index (κ2) is 4.73. The monoisotopic (exact) mass is 253 g/mol. The van der Waals surface area contributed by atoms with Gasteiger partial charge in [-0.2, -0.15) is 0 Å². The molecule has 0 bridgehead atoms. The Morgan fingerprint density at radius 2 is 1.69 bits per heavy atom. The van der Waals surface area contributed by atoms with Crippen LogP contribution >= 0.6 is 23.2 Å². The Kier molecular flexibility index (Phi) is 3.32. The smallest absolute Gasteiger partial charge is 0.173 e. The Bertz CT molecular complexity index is 495. The van der Waals surface area contributed by atoms with Gasteiger partial charge in [0.1, 0.15) is 0 Å². The highest BCUT2D eigenvalue weighted by molar-refractivity contribution is 6.41. The second-order valence-corrected chi connectivity index (χ2v) is 4.37. The van der Waals surface area contributed by atoms with E-state index in [1.54, 1.807) is 6.07 Å². The molecule has 2 rings (SSSR count). The summed E-state index contributed by atoms with van der Waals surface area (Å²) in [5.74, 6) is 0. The summed E-state index contributed by atoms with van der Waals surface area (Å²) in [5, 5.41) is 1.16. The lowest BCUT2D eigenvalue weighted by atomic mass is 10.2. The molecular formula is C12H11Cl2N2+. The quantitative estimate of drug-likeness (QED) is 0.820. The molecule has 1 aromatic carbocycles. The molecule has 1 aromatic heterocycles. The van der Waals surface area contributed by atoms with Crippen LogP contribution < -0.4 is 10.3 Å². The van der Waals surface area contributed by atoms with Crippen molar-refractivity contribution < 1.29 is 4.57 Å². The van der Waals surface area contributed by atoms with Crippen molar-refractivity contribution in [3.63, 3.8) is 0 Å². The molecule has 0 atom stereocenters. The lowest BCUT2D eigenvalue weighted by Crippen LogP contribution is -2.33. The zero-order chi connectivity index (χ0) is 11.5. The molecule has 2 aromatic rings. The van der Waals surface area contributed by atoms with Gasteiger partial charge in [-0.1, -0.05) is 29.3 Å². The molecule has 2 N–H and O–H groups in total. The first kappa shape index (κ1) is 11.2. The summed E-state index contributed by atoms with van der Waals surface area (Å²) >= 11 is 11.8. The van der Waals surface area contributed by atoms with Crippen LogP contribution in [-0.2, 0) is 6.54 Å². The zero-order valence-corrected chi connectivity index (χ0v) is 10.0. The van der Waals surface area contributed by atoms with Gasteiger partial charge in [0.15, 0.2) is 18.9 Å². The molecular weight excluding hydrogens is 243 g/mol. The highest BCUT2D eigenvalue weighted by Crippen LogP contribution is 2.22. The van der Waals surface area contributed by atoms with Gasteiger partial charge < -0.3 is 5.73 Å². The van der Waals surface area contributed by atoms with Crippen molar-refractivity contribution >= 4 is 28.9 Å². The van der Waals surface area contributed by atoms with Gasteiger partial charge in [0.05, 0.1) is 10.0 Å². The first-order valence-corrected chi connectivity index (χ1v) is 5.59. The van der Waals surface area contributed by atoms with E-state index in [9.17, 15) is 0 Å². The SMILES string of the molecule is Nc1cc[n+](Cc2ccc(Cl)c(Cl)c2)cc1. The summed E-state index contributed by atoms with van der Waals surface area (Å²) in [6, 6.07) is 9.34. The van der Waals surface area contributed by atoms with Crippen LogP contribution in [0.15, 0.2) is 42.7 Å². The minimum absolute atomic E-state index is 0.577. The first-order valence-electron chi connectivity index (χ1n) is 4.83. The summed E-state index contributed by atoms with van der Waals surface area (Å²) in [5.41, 5.74) is 7.47. The van der Waals surface area contributed by atoms with E-state index >= 15 is 0 Å². The molecule has 0 unspecified atom stereocenters.